The fourth-order valence-corrected chi connectivity index (χ4v) is 4.87. The van der Waals surface area contributed by atoms with Crippen LogP contribution in [-0.4, -0.2) is 39.6 Å². The van der Waals surface area contributed by atoms with Crippen molar-refractivity contribution in [3.05, 3.63) is 99.6 Å². The standard InChI is InChI=1S/C33H38N4O4/c1-7-29(36(20-21(3)4)33(40)34-25-16-14-24(15-17-25)32(39)41-8-2)30-35-28-12-10-9-11-27(28)31(38)37(30)26-18-13-22(5)23(6)19-26/h9-19,21,29H,7-8,20H2,1-6H3,(H,34,40). The third kappa shape index (κ3) is 6.48. The quantitative estimate of drug-likeness (QED) is 0.229. The van der Waals surface area contributed by atoms with E-state index in [0.29, 0.717) is 46.6 Å². The first-order chi connectivity index (χ1) is 19.6. The van der Waals surface area contributed by atoms with E-state index in [4.69, 9.17) is 9.72 Å². The molecule has 1 aromatic heterocycles. The normalized spacial score (nSPS) is 11.9. The highest BCUT2D eigenvalue weighted by molar-refractivity contribution is 5.92. The summed E-state index contributed by atoms with van der Waals surface area (Å²) in [5.74, 6) is 0.251. The van der Waals surface area contributed by atoms with Crippen molar-refractivity contribution < 1.29 is 14.3 Å². The van der Waals surface area contributed by atoms with Crippen LogP contribution in [-0.2, 0) is 4.74 Å². The van der Waals surface area contributed by atoms with Gasteiger partial charge in [-0.25, -0.2) is 14.6 Å². The van der Waals surface area contributed by atoms with E-state index >= 15 is 0 Å². The van der Waals surface area contributed by atoms with Crippen LogP contribution in [0, 0.1) is 19.8 Å². The van der Waals surface area contributed by atoms with Gasteiger partial charge < -0.3 is 15.0 Å². The van der Waals surface area contributed by atoms with E-state index in [1.54, 1.807) is 46.7 Å². The van der Waals surface area contributed by atoms with E-state index in [1.165, 1.54) is 0 Å². The first-order valence-electron chi connectivity index (χ1n) is 14.1. The molecule has 1 heterocycles. The number of benzene rings is 3. The third-order valence-corrected chi connectivity index (χ3v) is 7.08. The van der Waals surface area contributed by atoms with Crippen LogP contribution in [0.3, 0.4) is 0 Å². The lowest BCUT2D eigenvalue weighted by molar-refractivity contribution is 0.0526. The number of amides is 2. The Morgan fingerprint density at radius 1 is 0.976 bits per heavy atom. The van der Waals surface area contributed by atoms with E-state index in [0.717, 1.165) is 11.1 Å². The van der Waals surface area contributed by atoms with E-state index in [1.807, 2.05) is 71.0 Å². The number of carbonyl (C=O) groups excluding carboxylic acids is 2. The number of esters is 1. The van der Waals surface area contributed by atoms with Crippen LogP contribution < -0.4 is 10.9 Å². The van der Waals surface area contributed by atoms with Crippen molar-refractivity contribution in [1.29, 1.82) is 0 Å². The molecule has 0 fully saturated rings. The molecule has 0 spiro atoms. The monoisotopic (exact) mass is 554 g/mol. The summed E-state index contributed by atoms with van der Waals surface area (Å²) in [6.45, 7) is 12.6. The summed E-state index contributed by atoms with van der Waals surface area (Å²) in [5, 5.41) is 3.50. The van der Waals surface area contributed by atoms with Crippen molar-refractivity contribution in [2.75, 3.05) is 18.5 Å². The second-order valence-electron chi connectivity index (χ2n) is 10.6. The number of anilines is 1. The molecule has 4 rings (SSSR count). The molecule has 0 aliphatic heterocycles. The summed E-state index contributed by atoms with van der Waals surface area (Å²) in [6, 6.07) is 19.0. The highest BCUT2D eigenvalue weighted by Crippen LogP contribution is 2.28. The average molecular weight is 555 g/mol. The second kappa shape index (κ2) is 12.8. The first kappa shape index (κ1) is 29.5. The summed E-state index contributed by atoms with van der Waals surface area (Å²) < 4.78 is 6.71. The Bertz CT molecular complexity index is 1610. The number of aryl methyl sites for hydroxylation is 2. The molecule has 1 atom stereocenters. The number of para-hydroxylation sites is 1. The molecule has 214 valence electrons. The van der Waals surface area contributed by atoms with Crippen LogP contribution >= 0.6 is 0 Å². The summed E-state index contributed by atoms with van der Waals surface area (Å²) in [5.41, 5.74) is 4.27. The molecule has 0 aliphatic carbocycles. The predicted octanol–water partition coefficient (Wildman–Crippen LogP) is 6.82. The van der Waals surface area contributed by atoms with Gasteiger partial charge in [-0.1, -0.05) is 39.0 Å². The lowest BCUT2D eigenvalue weighted by Crippen LogP contribution is -2.42. The molecule has 4 aromatic rings. The SMILES string of the molecule is CCOC(=O)c1ccc(NC(=O)N(CC(C)C)C(CC)c2nc3ccccc3c(=O)n2-c2ccc(C)c(C)c2)cc1. The molecule has 3 aromatic carbocycles. The van der Waals surface area contributed by atoms with Gasteiger partial charge in [-0.3, -0.25) is 9.36 Å². The van der Waals surface area contributed by atoms with Crippen molar-refractivity contribution in [3.8, 4) is 5.69 Å². The minimum Gasteiger partial charge on any atom is -0.462 e. The number of rotatable bonds is 9. The average Bonchev–Trinajstić information content (AvgIpc) is 2.95. The summed E-state index contributed by atoms with van der Waals surface area (Å²) in [6.07, 6.45) is 0.539. The molecule has 0 aliphatic rings. The maximum atomic E-state index is 14.0. The van der Waals surface area contributed by atoms with E-state index in [9.17, 15) is 14.4 Å². The Labute approximate surface area is 241 Å². The number of ether oxygens (including phenoxy) is 1. The number of hydrogen-bond acceptors (Lipinski definition) is 5. The maximum absolute atomic E-state index is 14.0. The van der Waals surface area contributed by atoms with Gasteiger partial charge in [0.15, 0.2) is 0 Å². The summed E-state index contributed by atoms with van der Waals surface area (Å²) in [4.78, 5) is 46.6. The Morgan fingerprint density at radius 3 is 2.32 bits per heavy atom. The van der Waals surface area contributed by atoms with Crippen LogP contribution in [0.15, 0.2) is 71.5 Å². The van der Waals surface area contributed by atoms with Crippen LogP contribution in [0.25, 0.3) is 16.6 Å². The number of urea groups is 1. The van der Waals surface area contributed by atoms with Crippen molar-refractivity contribution in [3.63, 3.8) is 0 Å². The minimum absolute atomic E-state index is 0.156. The maximum Gasteiger partial charge on any atom is 0.338 e. The second-order valence-corrected chi connectivity index (χ2v) is 10.6. The van der Waals surface area contributed by atoms with Crippen LogP contribution in [0.1, 0.15) is 67.5 Å². The number of hydrogen-bond donors (Lipinski definition) is 1. The van der Waals surface area contributed by atoms with Gasteiger partial charge in [0.25, 0.3) is 5.56 Å². The van der Waals surface area contributed by atoms with Crippen molar-refractivity contribution in [2.45, 2.75) is 54.0 Å². The molecular weight excluding hydrogens is 516 g/mol. The highest BCUT2D eigenvalue weighted by atomic mass is 16.5. The topological polar surface area (TPSA) is 93.5 Å². The molecule has 0 bridgehead atoms. The fraction of sp³-hybridized carbons (Fsp3) is 0.333. The molecule has 0 saturated heterocycles. The number of aromatic nitrogens is 2. The first-order valence-corrected chi connectivity index (χ1v) is 14.1. The van der Waals surface area contributed by atoms with Gasteiger partial charge >= 0.3 is 12.0 Å². The number of nitrogens with one attached hydrogen (secondary N) is 1. The molecule has 1 N–H and O–H groups in total. The van der Waals surface area contributed by atoms with Gasteiger partial charge in [-0.05, 0) is 92.8 Å². The molecule has 8 heteroatoms. The molecule has 41 heavy (non-hydrogen) atoms. The van der Waals surface area contributed by atoms with Gasteiger partial charge in [0.05, 0.1) is 34.8 Å². The largest absolute Gasteiger partial charge is 0.462 e. The van der Waals surface area contributed by atoms with Gasteiger partial charge in [0, 0.05) is 12.2 Å². The van der Waals surface area contributed by atoms with Gasteiger partial charge in [0.1, 0.15) is 5.82 Å². The third-order valence-electron chi connectivity index (χ3n) is 7.08. The molecule has 1 unspecified atom stereocenters. The highest BCUT2D eigenvalue weighted by Gasteiger charge is 2.30. The van der Waals surface area contributed by atoms with Crippen molar-refractivity contribution >= 4 is 28.6 Å². The lowest BCUT2D eigenvalue weighted by atomic mass is 10.1. The fourth-order valence-electron chi connectivity index (χ4n) is 4.87. The molecule has 0 saturated carbocycles. The molecule has 0 radical (unpaired) electrons. The smallest absolute Gasteiger partial charge is 0.338 e. The Kier molecular flexibility index (Phi) is 9.22. The Hall–Kier alpha value is -4.46. The number of nitrogens with zero attached hydrogens (tertiary/aromatic N) is 3. The Morgan fingerprint density at radius 2 is 1.68 bits per heavy atom. The van der Waals surface area contributed by atoms with Crippen molar-refractivity contribution in [2.24, 2.45) is 5.92 Å². The van der Waals surface area contributed by atoms with Gasteiger partial charge in [-0.15, -0.1) is 0 Å². The lowest BCUT2D eigenvalue weighted by Gasteiger charge is -2.33. The molecule has 2 amide bonds. The Balaban J connectivity index is 1.80. The van der Waals surface area contributed by atoms with Crippen LogP contribution in [0.2, 0.25) is 0 Å². The van der Waals surface area contributed by atoms with E-state index < -0.39 is 12.0 Å². The summed E-state index contributed by atoms with van der Waals surface area (Å²) >= 11 is 0. The summed E-state index contributed by atoms with van der Waals surface area (Å²) in [7, 11) is 0. The van der Waals surface area contributed by atoms with Crippen molar-refractivity contribution in [1.82, 2.24) is 14.5 Å². The minimum atomic E-state index is -0.491. The van der Waals surface area contributed by atoms with E-state index in [2.05, 4.69) is 5.32 Å². The van der Waals surface area contributed by atoms with Gasteiger partial charge in [-0.2, -0.15) is 0 Å². The number of carbonyl (C=O) groups is 2. The van der Waals surface area contributed by atoms with Crippen LogP contribution in [0.5, 0.6) is 0 Å². The van der Waals surface area contributed by atoms with E-state index in [-0.39, 0.29) is 24.1 Å². The zero-order valence-corrected chi connectivity index (χ0v) is 24.6. The molecular formula is C33H38N4O4. The number of fused-ring (bicyclic) bond motifs is 1. The van der Waals surface area contributed by atoms with Gasteiger partial charge in [0.2, 0.25) is 0 Å². The zero-order valence-electron chi connectivity index (χ0n) is 24.6. The zero-order chi connectivity index (χ0) is 29.7. The molecule has 8 nitrogen and oxygen atoms in total. The predicted molar refractivity (Wildman–Crippen MR) is 163 cm³/mol. The van der Waals surface area contributed by atoms with Crippen LogP contribution in [0.4, 0.5) is 10.5 Å².